The van der Waals surface area contributed by atoms with Crippen LogP contribution in [0.15, 0.2) is 42.5 Å². The Morgan fingerprint density at radius 1 is 0.902 bits per heavy atom. The monoisotopic (exact) mass is 572 g/mol. The fraction of sp³-hybridized carbons (Fsp3) is 0.625. The lowest BCUT2D eigenvalue weighted by Crippen LogP contribution is -2.51. The van der Waals surface area contributed by atoms with Gasteiger partial charge in [-0.3, -0.25) is 0 Å². The predicted octanol–water partition coefficient (Wildman–Crippen LogP) is 3.78. The molecular weight excluding hydrogens is 524 g/mol. The van der Waals surface area contributed by atoms with Gasteiger partial charge in [0.15, 0.2) is 0 Å². The molecule has 2 aliphatic heterocycles. The summed E-state index contributed by atoms with van der Waals surface area (Å²) in [6, 6.07) is 15.0. The van der Waals surface area contributed by atoms with Gasteiger partial charge < -0.3 is 43.4 Å². The maximum atomic E-state index is 6.65. The van der Waals surface area contributed by atoms with Crippen molar-refractivity contribution in [2.24, 2.45) is 0 Å². The van der Waals surface area contributed by atoms with Gasteiger partial charge in [-0.15, -0.1) is 0 Å². The molecule has 41 heavy (non-hydrogen) atoms. The van der Waals surface area contributed by atoms with Gasteiger partial charge in [-0.1, -0.05) is 30.3 Å². The smallest absolute Gasteiger partial charge is 0.142 e. The van der Waals surface area contributed by atoms with E-state index in [1.165, 1.54) is 5.56 Å². The van der Waals surface area contributed by atoms with Crippen LogP contribution in [-0.2, 0) is 41.6 Å². The minimum absolute atomic E-state index is 0.0214. The lowest BCUT2D eigenvalue weighted by atomic mass is 9.85. The summed E-state index contributed by atoms with van der Waals surface area (Å²) >= 11 is 0. The third-order valence-electron chi connectivity index (χ3n) is 7.73. The molecule has 1 N–H and O–H groups in total. The minimum Gasteiger partial charge on any atom is -0.490 e. The van der Waals surface area contributed by atoms with Crippen molar-refractivity contribution in [3.8, 4) is 5.75 Å². The first-order valence-electron chi connectivity index (χ1n) is 14.7. The zero-order valence-electron chi connectivity index (χ0n) is 25.1. The van der Waals surface area contributed by atoms with E-state index in [1.54, 1.807) is 21.3 Å². The van der Waals surface area contributed by atoms with Crippen molar-refractivity contribution in [2.75, 3.05) is 85.4 Å². The number of anilines is 1. The van der Waals surface area contributed by atoms with Gasteiger partial charge in [0.1, 0.15) is 12.4 Å². The SMILES string of the molecule is COCCCN1CCOc2ccc(CO[C@H]3CNC[C@@H](OCC(C)OC)[C@@H]3c3ccc(COCCOC)cc3)cc21. The van der Waals surface area contributed by atoms with Gasteiger partial charge in [0.2, 0.25) is 0 Å². The van der Waals surface area contributed by atoms with Crippen LogP contribution in [0, 0.1) is 0 Å². The van der Waals surface area contributed by atoms with Crippen LogP contribution in [0.25, 0.3) is 0 Å². The summed E-state index contributed by atoms with van der Waals surface area (Å²) in [5, 5.41) is 3.54. The van der Waals surface area contributed by atoms with Crippen LogP contribution >= 0.6 is 0 Å². The van der Waals surface area contributed by atoms with Crippen LogP contribution < -0.4 is 15.0 Å². The lowest BCUT2D eigenvalue weighted by Gasteiger charge is -2.39. The van der Waals surface area contributed by atoms with E-state index in [9.17, 15) is 0 Å². The molecule has 4 rings (SSSR count). The van der Waals surface area contributed by atoms with Gasteiger partial charge in [0, 0.05) is 53.5 Å². The molecule has 1 fully saturated rings. The molecule has 0 saturated carbocycles. The van der Waals surface area contributed by atoms with Gasteiger partial charge in [-0.2, -0.15) is 0 Å². The Bertz CT molecular complexity index is 1020. The number of benzene rings is 2. The number of piperidine rings is 1. The standard InChI is InChI=1S/C32H48N2O7/c1-24(37-4)21-40-30-19-33-20-31(32(30)27-9-6-25(7-10-27)22-38-17-16-36-3)41-23-26-8-11-29-28(18-26)34(13-15-39-29)12-5-14-35-2/h6-11,18,24,30-33H,5,12-17,19-23H2,1-4H3/t24?,30-,31+,32+/m1/s1. The molecule has 0 spiro atoms. The van der Waals surface area contributed by atoms with Gasteiger partial charge in [0.25, 0.3) is 0 Å². The second-order valence-corrected chi connectivity index (χ2v) is 10.7. The first-order valence-corrected chi connectivity index (χ1v) is 14.7. The number of nitrogens with one attached hydrogen (secondary N) is 1. The molecule has 228 valence electrons. The van der Waals surface area contributed by atoms with Crippen molar-refractivity contribution in [3.63, 3.8) is 0 Å². The van der Waals surface area contributed by atoms with E-state index >= 15 is 0 Å². The number of methoxy groups -OCH3 is 3. The van der Waals surface area contributed by atoms with Gasteiger partial charge in [-0.25, -0.2) is 0 Å². The van der Waals surface area contributed by atoms with Crippen LogP contribution in [0.1, 0.15) is 36.0 Å². The van der Waals surface area contributed by atoms with E-state index in [2.05, 4.69) is 52.7 Å². The van der Waals surface area contributed by atoms with Crippen molar-refractivity contribution in [1.82, 2.24) is 5.32 Å². The number of nitrogens with zero attached hydrogens (tertiary/aromatic N) is 1. The highest BCUT2D eigenvalue weighted by molar-refractivity contribution is 5.61. The van der Waals surface area contributed by atoms with Crippen LogP contribution in [0.5, 0.6) is 5.75 Å². The van der Waals surface area contributed by atoms with E-state index in [1.807, 2.05) is 6.92 Å². The number of hydrogen-bond donors (Lipinski definition) is 1. The lowest BCUT2D eigenvalue weighted by molar-refractivity contribution is -0.0801. The third kappa shape index (κ3) is 9.38. The topological polar surface area (TPSA) is 79.9 Å². The summed E-state index contributed by atoms with van der Waals surface area (Å²) in [7, 11) is 5.14. The number of rotatable bonds is 17. The first kappa shape index (κ1) is 31.7. The van der Waals surface area contributed by atoms with E-state index in [-0.39, 0.29) is 24.2 Å². The number of fused-ring (bicyclic) bond motifs is 1. The molecule has 0 aromatic heterocycles. The van der Waals surface area contributed by atoms with E-state index in [0.717, 1.165) is 61.8 Å². The molecule has 2 aliphatic rings. The van der Waals surface area contributed by atoms with E-state index in [4.69, 9.17) is 33.2 Å². The molecule has 0 aliphatic carbocycles. The Balaban J connectivity index is 1.46. The zero-order chi connectivity index (χ0) is 28.9. The Morgan fingerprint density at radius 2 is 1.66 bits per heavy atom. The summed E-state index contributed by atoms with van der Waals surface area (Å²) in [5.41, 5.74) is 4.60. The fourth-order valence-corrected chi connectivity index (χ4v) is 5.35. The van der Waals surface area contributed by atoms with Crippen molar-refractivity contribution in [1.29, 1.82) is 0 Å². The molecular formula is C32H48N2O7. The van der Waals surface area contributed by atoms with E-state index < -0.39 is 0 Å². The molecule has 9 heteroatoms. The molecule has 2 aromatic rings. The Morgan fingerprint density at radius 3 is 2.41 bits per heavy atom. The predicted molar refractivity (Wildman–Crippen MR) is 159 cm³/mol. The summed E-state index contributed by atoms with van der Waals surface area (Å²) < 4.78 is 40.5. The van der Waals surface area contributed by atoms with Crippen LogP contribution in [0.3, 0.4) is 0 Å². The first-order chi connectivity index (χ1) is 20.1. The van der Waals surface area contributed by atoms with Gasteiger partial charge >= 0.3 is 0 Å². The average Bonchev–Trinajstić information content (AvgIpc) is 3.01. The molecule has 0 amide bonds. The van der Waals surface area contributed by atoms with Crippen LogP contribution in [0.2, 0.25) is 0 Å². The number of ether oxygens (including phenoxy) is 7. The van der Waals surface area contributed by atoms with Crippen molar-refractivity contribution < 1.29 is 33.2 Å². The minimum atomic E-state index is -0.0551. The molecule has 1 saturated heterocycles. The van der Waals surface area contributed by atoms with Crippen LogP contribution in [0.4, 0.5) is 5.69 Å². The van der Waals surface area contributed by atoms with Gasteiger partial charge in [-0.05, 0) is 42.2 Å². The Kier molecular flexibility index (Phi) is 13.2. The number of hydrogen-bond acceptors (Lipinski definition) is 9. The maximum Gasteiger partial charge on any atom is 0.142 e. The highest BCUT2D eigenvalue weighted by Crippen LogP contribution is 2.34. The molecule has 0 radical (unpaired) electrons. The molecule has 9 nitrogen and oxygen atoms in total. The molecule has 2 heterocycles. The zero-order valence-corrected chi connectivity index (χ0v) is 25.1. The Labute approximate surface area is 245 Å². The molecule has 4 atom stereocenters. The largest absolute Gasteiger partial charge is 0.490 e. The van der Waals surface area contributed by atoms with E-state index in [0.29, 0.717) is 39.6 Å². The van der Waals surface area contributed by atoms with Crippen molar-refractivity contribution in [2.45, 2.75) is 50.8 Å². The molecule has 2 aromatic carbocycles. The molecule has 0 bridgehead atoms. The summed E-state index contributed by atoms with van der Waals surface area (Å²) in [5.74, 6) is 1.01. The molecule has 1 unspecified atom stereocenters. The second-order valence-electron chi connectivity index (χ2n) is 10.7. The maximum absolute atomic E-state index is 6.65. The highest BCUT2D eigenvalue weighted by Gasteiger charge is 2.36. The fourth-order valence-electron chi connectivity index (χ4n) is 5.35. The normalized spacial score (nSPS) is 21.4. The van der Waals surface area contributed by atoms with Crippen molar-refractivity contribution in [3.05, 3.63) is 59.2 Å². The Hall–Kier alpha value is -2.24. The van der Waals surface area contributed by atoms with Gasteiger partial charge in [0.05, 0.1) is 63.6 Å². The third-order valence-corrected chi connectivity index (χ3v) is 7.73. The average molecular weight is 573 g/mol. The highest BCUT2D eigenvalue weighted by atomic mass is 16.5. The van der Waals surface area contributed by atoms with Crippen LogP contribution in [-0.4, -0.2) is 98.9 Å². The van der Waals surface area contributed by atoms with Crippen molar-refractivity contribution >= 4 is 5.69 Å². The summed E-state index contributed by atoms with van der Waals surface area (Å²) in [6.45, 7) is 9.57. The summed E-state index contributed by atoms with van der Waals surface area (Å²) in [6.07, 6.45) is 0.907. The quantitative estimate of drug-likeness (QED) is 0.285. The summed E-state index contributed by atoms with van der Waals surface area (Å²) in [4.78, 5) is 2.38. The second kappa shape index (κ2) is 17.0.